The minimum absolute atomic E-state index is 0.0243. The van der Waals surface area contributed by atoms with E-state index in [1.807, 2.05) is 18.2 Å². The molecule has 176 valence electrons. The zero-order valence-electron chi connectivity index (χ0n) is 18.2. The molecular formula is C25H23NO7S. The van der Waals surface area contributed by atoms with Crippen LogP contribution in [-0.2, 0) is 26.0 Å². The summed E-state index contributed by atoms with van der Waals surface area (Å²) in [6.07, 6.45) is -0.283. The number of carbonyl (C=O) groups is 2. The van der Waals surface area contributed by atoms with Gasteiger partial charge in [-0.15, -0.1) is 0 Å². The van der Waals surface area contributed by atoms with E-state index in [1.165, 1.54) is 12.1 Å². The van der Waals surface area contributed by atoms with Gasteiger partial charge in [-0.25, -0.2) is 8.42 Å². The lowest BCUT2D eigenvalue weighted by Crippen LogP contribution is -2.17. The Kier molecular flexibility index (Phi) is 7.12. The number of hydrogen-bond donors (Lipinski definition) is 1. The summed E-state index contributed by atoms with van der Waals surface area (Å²) < 4.78 is 41.2. The lowest BCUT2D eigenvalue weighted by molar-refractivity contribution is -0.144. The van der Waals surface area contributed by atoms with Gasteiger partial charge in [-0.2, -0.15) is 0 Å². The second-order valence-corrected chi connectivity index (χ2v) is 9.66. The molecule has 0 fully saturated rings. The normalized spacial score (nSPS) is 12.6. The highest BCUT2D eigenvalue weighted by atomic mass is 32.2. The smallest absolute Gasteiger partial charge is 0.307 e. The van der Waals surface area contributed by atoms with Crippen molar-refractivity contribution in [2.45, 2.75) is 17.9 Å². The average Bonchev–Trinajstić information content (AvgIpc) is 2.87. The molecule has 0 aliphatic carbocycles. The number of hydrogen-bond acceptors (Lipinski definition) is 7. The van der Waals surface area contributed by atoms with Gasteiger partial charge in [0.1, 0.15) is 19.8 Å². The van der Waals surface area contributed by atoms with Gasteiger partial charge in [0.25, 0.3) is 5.91 Å². The third kappa shape index (κ3) is 5.93. The van der Waals surface area contributed by atoms with Crippen molar-refractivity contribution in [1.29, 1.82) is 0 Å². The Bertz CT molecular complexity index is 1270. The number of esters is 1. The minimum Gasteiger partial charge on any atom is -0.486 e. The summed E-state index contributed by atoms with van der Waals surface area (Å²) in [6, 6.07) is 20.1. The lowest BCUT2D eigenvalue weighted by atomic mass is 10.1. The molecule has 0 atom stereocenters. The van der Waals surface area contributed by atoms with Crippen LogP contribution < -0.4 is 14.8 Å². The highest BCUT2D eigenvalue weighted by molar-refractivity contribution is 7.91. The van der Waals surface area contributed by atoms with Crippen molar-refractivity contribution in [1.82, 2.24) is 0 Å². The van der Waals surface area contributed by atoms with Crippen molar-refractivity contribution in [3.8, 4) is 11.5 Å². The summed E-state index contributed by atoms with van der Waals surface area (Å²) in [5, 5.41) is 2.79. The SMILES string of the molecule is O=C(CCS(=O)(=O)c1ccc2c(c1)OCCO2)OCc1ccc(C(=O)Nc2ccccc2)cc1. The summed E-state index contributed by atoms with van der Waals surface area (Å²) in [6.45, 7) is 0.736. The molecule has 0 aromatic heterocycles. The molecule has 0 saturated heterocycles. The average molecular weight is 482 g/mol. The predicted molar refractivity (Wildman–Crippen MR) is 125 cm³/mol. The van der Waals surface area contributed by atoms with E-state index < -0.39 is 15.8 Å². The van der Waals surface area contributed by atoms with Crippen LogP contribution in [0.25, 0.3) is 0 Å². The number of fused-ring (bicyclic) bond motifs is 1. The third-order valence-electron chi connectivity index (χ3n) is 5.10. The first kappa shape index (κ1) is 23.3. The first-order valence-corrected chi connectivity index (χ1v) is 12.3. The molecule has 0 unspecified atom stereocenters. The van der Waals surface area contributed by atoms with Crippen LogP contribution in [-0.4, -0.2) is 39.3 Å². The molecule has 0 radical (unpaired) electrons. The van der Waals surface area contributed by atoms with E-state index in [0.29, 0.717) is 41.5 Å². The van der Waals surface area contributed by atoms with Crippen LogP contribution in [0.3, 0.4) is 0 Å². The van der Waals surface area contributed by atoms with Crippen LogP contribution in [0.4, 0.5) is 5.69 Å². The van der Waals surface area contributed by atoms with Crippen molar-refractivity contribution in [3.05, 3.63) is 83.9 Å². The van der Waals surface area contributed by atoms with Crippen LogP contribution in [0, 0.1) is 0 Å². The van der Waals surface area contributed by atoms with E-state index in [2.05, 4.69) is 5.32 Å². The number of rotatable bonds is 8. The molecular weight excluding hydrogens is 458 g/mol. The van der Waals surface area contributed by atoms with Gasteiger partial charge in [-0.05, 0) is 42.0 Å². The number of amides is 1. The zero-order chi connectivity index (χ0) is 24.0. The first-order chi connectivity index (χ1) is 16.4. The Labute approximate surface area is 197 Å². The Morgan fingerprint density at radius 3 is 2.32 bits per heavy atom. The maximum Gasteiger partial charge on any atom is 0.307 e. The van der Waals surface area contributed by atoms with E-state index in [9.17, 15) is 18.0 Å². The highest BCUT2D eigenvalue weighted by Crippen LogP contribution is 2.32. The number of benzene rings is 3. The van der Waals surface area contributed by atoms with Crippen LogP contribution in [0.2, 0.25) is 0 Å². The predicted octanol–water partition coefficient (Wildman–Crippen LogP) is 3.62. The van der Waals surface area contributed by atoms with Crippen molar-refractivity contribution in [3.63, 3.8) is 0 Å². The van der Waals surface area contributed by atoms with Gasteiger partial charge in [0.05, 0.1) is 17.1 Å². The molecule has 3 aromatic rings. The van der Waals surface area contributed by atoms with Crippen LogP contribution in [0.15, 0.2) is 77.7 Å². The second-order valence-electron chi connectivity index (χ2n) is 7.55. The molecule has 1 heterocycles. The van der Waals surface area contributed by atoms with Gasteiger partial charge in [0, 0.05) is 17.3 Å². The Morgan fingerprint density at radius 1 is 0.882 bits per heavy atom. The summed E-state index contributed by atoms with van der Waals surface area (Å²) >= 11 is 0. The lowest BCUT2D eigenvalue weighted by Gasteiger charge is -2.18. The number of anilines is 1. The maximum absolute atomic E-state index is 12.6. The molecule has 0 bridgehead atoms. The third-order valence-corrected chi connectivity index (χ3v) is 6.81. The summed E-state index contributed by atoms with van der Waals surface area (Å²) in [5.74, 6) is -0.403. The van der Waals surface area contributed by atoms with Crippen molar-refractivity contribution < 1.29 is 32.2 Å². The van der Waals surface area contributed by atoms with Crippen LogP contribution in [0.5, 0.6) is 11.5 Å². The molecule has 9 heteroatoms. The molecule has 1 N–H and O–H groups in total. The van der Waals surface area contributed by atoms with Crippen LogP contribution in [0.1, 0.15) is 22.3 Å². The monoisotopic (exact) mass is 481 g/mol. The van der Waals surface area contributed by atoms with Gasteiger partial charge < -0.3 is 19.5 Å². The van der Waals surface area contributed by atoms with Crippen molar-refractivity contribution >= 4 is 27.4 Å². The molecule has 0 spiro atoms. The fourth-order valence-electron chi connectivity index (χ4n) is 3.27. The Balaban J connectivity index is 1.26. The largest absolute Gasteiger partial charge is 0.486 e. The standard InChI is InChI=1S/C25H23NO7S/c27-24(12-15-34(29,30)21-10-11-22-23(16-21)32-14-13-31-22)33-17-18-6-8-19(9-7-18)25(28)26-20-4-2-1-3-5-20/h1-11,16H,12-15,17H2,(H,26,28). The van der Waals surface area contributed by atoms with Crippen LogP contribution >= 0.6 is 0 Å². The molecule has 3 aromatic carbocycles. The minimum atomic E-state index is -3.69. The number of carbonyl (C=O) groups excluding carboxylic acids is 2. The van der Waals surface area contributed by atoms with Gasteiger partial charge >= 0.3 is 5.97 Å². The quantitative estimate of drug-likeness (QED) is 0.490. The van der Waals surface area contributed by atoms with E-state index in [-0.39, 0.29) is 29.6 Å². The van der Waals surface area contributed by atoms with Gasteiger partial charge in [0.15, 0.2) is 21.3 Å². The van der Waals surface area contributed by atoms with Crippen molar-refractivity contribution in [2.75, 3.05) is 24.3 Å². The number of ether oxygens (including phenoxy) is 3. The van der Waals surface area contributed by atoms with E-state index >= 15 is 0 Å². The maximum atomic E-state index is 12.6. The molecule has 0 saturated carbocycles. The fourth-order valence-corrected chi connectivity index (χ4v) is 4.50. The number of sulfone groups is 1. The van der Waals surface area contributed by atoms with E-state index in [0.717, 1.165) is 0 Å². The molecule has 34 heavy (non-hydrogen) atoms. The molecule has 4 rings (SSSR count). The fraction of sp³-hybridized carbons (Fsp3) is 0.200. The topological polar surface area (TPSA) is 108 Å². The summed E-state index contributed by atoms with van der Waals surface area (Å²) in [4.78, 5) is 24.5. The molecule has 8 nitrogen and oxygen atoms in total. The Hall–Kier alpha value is -3.85. The zero-order valence-corrected chi connectivity index (χ0v) is 19.0. The van der Waals surface area contributed by atoms with Crippen molar-refractivity contribution in [2.24, 2.45) is 0 Å². The summed E-state index contributed by atoms with van der Waals surface area (Å²) in [7, 11) is -3.69. The van der Waals surface area contributed by atoms with Gasteiger partial charge in [-0.1, -0.05) is 30.3 Å². The molecule has 1 aliphatic rings. The highest BCUT2D eigenvalue weighted by Gasteiger charge is 2.21. The number of nitrogens with one attached hydrogen (secondary N) is 1. The van der Waals surface area contributed by atoms with Gasteiger partial charge in [-0.3, -0.25) is 9.59 Å². The summed E-state index contributed by atoms with van der Waals surface area (Å²) in [5.41, 5.74) is 1.83. The second kappa shape index (κ2) is 10.4. The Morgan fingerprint density at radius 2 is 1.59 bits per heavy atom. The van der Waals surface area contributed by atoms with Gasteiger partial charge in [0.2, 0.25) is 0 Å². The molecule has 1 aliphatic heterocycles. The van der Waals surface area contributed by atoms with E-state index in [4.69, 9.17) is 14.2 Å². The van der Waals surface area contributed by atoms with E-state index in [1.54, 1.807) is 42.5 Å². The number of para-hydroxylation sites is 1. The molecule has 1 amide bonds. The first-order valence-electron chi connectivity index (χ1n) is 10.6.